The van der Waals surface area contributed by atoms with Gasteiger partial charge in [-0.05, 0) is 19.7 Å². The molecule has 14 heavy (non-hydrogen) atoms. The van der Waals surface area contributed by atoms with Gasteiger partial charge >= 0.3 is 0 Å². The van der Waals surface area contributed by atoms with E-state index in [0.29, 0.717) is 5.75 Å². The van der Waals surface area contributed by atoms with Crippen LogP contribution in [0.1, 0.15) is 11.6 Å². The Morgan fingerprint density at radius 2 is 1.86 bits per heavy atom. The standard InChI is InChI=1S/C11H17NOS/c1-12(2)11(9-14(3)13)10-7-5-4-6-8-10/h4-8,11H,9H2,1-3H3. The van der Waals surface area contributed by atoms with E-state index in [-0.39, 0.29) is 6.04 Å². The van der Waals surface area contributed by atoms with Gasteiger partial charge in [0.2, 0.25) is 0 Å². The lowest BCUT2D eigenvalue weighted by molar-refractivity contribution is 0.324. The van der Waals surface area contributed by atoms with Crippen molar-refractivity contribution in [3.05, 3.63) is 35.9 Å². The Morgan fingerprint density at radius 1 is 1.29 bits per heavy atom. The quantitative estimate of drug-likeness (QED) is 0.755. The molecule has 78 valence electrons. The minimum absolute atomic E-state index is 0.252. The molecule has 0 aliphatic heterocycles. The molecule has 2 unspecified atom stereocenters. The topological polar surface area (TPSA) is 20.3 Å². The highest BCUT2D eigenvalue weighted by molar-refractivity contribution is 7.84. The fraction of sp³-hybridized carbons (Fsp3) is 0.455. The van der Waals surface area contributed by atoms with Crippen molar-refractivity contribution in [1.82, 2.24) is 4.90 Å². The van der Waals surface area contributed by atoms with Crippen LogP contribution < -0.4 is 0 Å². The second-order valence-electron chi connectivity index (χ2n) is 3.63. The van der Waals surface area contributed by atoms with Crippen LogP contribution in [0.15, 0.2) is 30.3 Å². The molecule has 0 radical (unpaired) electrons. The second-order valence-corrected chi connectivity index (χ2v) is 5.11. The van der Waals surface area contributed by atoms with Crippen molar-refractivity contribution in [3.8, 4) is 0 Å². The van der Waals surface area contributed by atoms with E-state index in [2.05, 4.69) is 17.0 Å². The molecule has 0 aliphatic carbocycles. The SMILES string of the molecule is CN(C)C(CS(C)=O)c1ccccc1. The van der Waals surface area contributed by atoms with E-state index in [0.717, 1.165) is 0 Å². The minimum atomic E-state index is -0.758. The number of hydrogen-bond donors (Lipinski definition) is 0. The second kappa shape index (κ2) is 5.27. The van der Waals surface area contributed by atoms with Crippen LogP contribution in [0, 0.1) is 0 Å². The lowest BCUT2D eigenvalue weighted by Crippen LogP contribution is -2.24. The summed E-state index contributed by atoms with van der Waals surface area (Å²) in [5, 5.41) is 0. The summed E-state index contributed by atoms with van der Waals surface area (Å²) in [6, 6.07) is 10.4. The van der Waals surface area contributed by atoms with Gasteiger partial charge in [0, 0.05) is 28.9 Å². The van der Waals surface area contributed by atoms with Gasteiger partial charge in [0.05, 0.1) is 0 Å². The van der Waals surface area contributed by atoms with Crippen LogP contribution in [-0.2, 0) is 10.8 Å². The molecule has 1 aromatic rings. The van der Waals surface area contributed by atoms with Crippen molar-refractivity contribution in [2.24, 2.45) is 0 Å². The van der Waals surface area contributed by atoms with Gasteiger partial charge in [0.1, 0.15) is 0 Å². The van der Waals surface area contributed by atoms with E-state index in [1.165, 1.54) is 5.56 Å². The molecule has 3 heteroatoms. The van der Waals surface area contributed by atoms with Crippen LogP contribution in [0.3, 0.4) is 0 Å². The van der Waals surface area contributed by atoms with Gasteiger partial charge in [-0.1, -0.05) is 30.3 Å². The zero-order valence-electron chi connectivity index (χ0n) is 8.93. The summed E-state index contributed by atoms with van der Waals surface area (Å²) in [5.41, 5.74) is 1.23. The molecule has 1 aromatic carbocycles. The summed E-state index contributed by atoms with van der Waals surface area (Å²) in [4.78, 5) is 2.11. The van der Waals surface area contributed by atoms with Gasteiger partial charge in [-0.15, -0.1) is 0 Å². The minimum Gasteiger partial charge on any atom is -0.301 e. The third-order valence-corrected chi connectivity index (χ3v) is 2.99. The molecule has 0 N–H and O–H groups in total. The van der Waals surface area contributed by atoms with Gasteiger partial charge in [-0.25, -0.2) is 0 Å². The van der Waals surface area contributed by atoms with Gasteiger partial charge in [-0.2, -0.15) is 0 Å². The Bertz CT molecular complexity index is 297. The molecular formula is C11H17NOS. The van der Waals surface area contributed by atoms with Crippen LogP contribution >= 0.6 is 0 Å². The lowest BCUT2D eigenvalue weighted by atomic mass is 10.1. The molecule has 0 heterocycles. The monoisotopic (exact) mass is 211 g/mol. The van der Waals surface area contributed by atoms with E-state index in [1.54, 1.807) is 6.26 Å². The van der Waals surface area contributed by atoms with Crippen LogP contribution in [0.2, 0.25) is 0 Å². The van der Waals surface area contributed by atoms with Crippen molar-refractivity contribution in [1.29, 1.82) is 0 Å². The van der Waals surface area contributed by atoms with Crippen molar-refractivity contribution >= 4 is 10.8 Å². The van der Waals surface area contributed by atoms with E-state index in [9.17, 15) is 4.21 Å². The Kier molecular flexibility index (Phi) is 4.29. The zero-order valence-corrected chi connectivity index (χ0v) is 9.75. The maximum absolute atomic E-state index is 11.2. The molecule has 0 fully saturated rings. The fourth-order valence-corrected chi connectivity index (χ4v) is 2.38. The largest absolute Gasteiger partial charge is 0.301 e. The zero-order chi connectivity index (χ0) is 10.6. The maximum atomic E-state index is 11.2. The van der Waals surface area contributed by atoms with Gasteiger partial charge < -0.3 is 4.90 Å². The third kappa shape index (κ3) is 3.24. The normalized spacial score (nSPS) is 15.4. The molecule has 2 nitrogen and oxygen atoms in total. The van der Waals surface area contributed by atoms with Crippen molar-refractivity contribution in [3.63, 3.8) is 0 Å². The predicted molar refractivity (Wildman–Crippen MR) is 61.8 cm³/mol. The lowest BCUT2D eigenvalue weighted by Gasteiger charge is -2.23. The molecule has 0 amide bonds. The van der Waals surface area contributed by atoms with E-state index < -0.39 is 10.8 Å². The fourth-order valence-electron chi connectivity index (χ4n) is 1.44. The number of nitrogens with zero attached hydrogens (tertiary/aromatic N) is 1. The van der Waals surface area contributed by atoms with Crippen LogP contribution in [-0.4, -0.2) is 35.2 Å². The highest BCUT2D eigenvalue weighted by atomic mass is 32.2. The molecule has 0 aromatic heterocycles. The predicted octanol–water partition coefficient (Wildman–Crippen LogP) is 1.67. The molecular weight excluding hydrogens is 194 g/mol. The van der Waals surface area contributed by atoms with Crippen molar-refractivity contribution in [2.75, 3.05) is 26.1 Å². The first-order valence-corrected chi connectivity index (χ1v) is 6.35. The summed E-state index contributed by atoms with van der Waals surface area (Å²) in [6.07, 6.45) is 1.75. The summed E-state index contributed by atoms with van der Waals surface area (Å²) in [5.74, 6) is 0.691. The van der Waals surface area contributed by atoms with Crippen LogP contribution in [0.5, 0.6) is 0 Å². The molecule has 0 spiro atoms. The summed E-state index contributed by atoms with van der Waals surface area (Å²) >= 11 is 0. The molecule has 1 rings (SSSR count). The Hall–Kier alpha value is -0.670. The first-order valence-electron chi connectivity index (χ1n) is 4.62. The molecule has 0 saturated carbocycles. The average Bonchev–Trinajstić information content (AvgIpc) is 2.15. The van der Waals surface area contributed by atoms with Gasteiger partial charge in [-0.3, -0.25) is 4.21 Å². The smallest absolute Gasteiger partial charge is 0.0457 e. The molecule has 2 atom stereocenters. The Balaban J connectivity index is 2.83. The van der Waals surface area contributed by atoms with Crippen LogP contribution in [0.4, 0.5) is 0 Å². The molecule has 0 saturated heterocycles. The highest BCUT2D eigenvalue weighted by Gasteiger charge is 2.14. The highest BCUT2D eigenvalue weighted by Crippen LogP contribution is 2.18. The number of benzene rings is 1. The van der Waals surface area contributed by atoms with E-state index in [4.69, 9.17) is 0 Å². The number of rotatable bonds is 4. The van der Waals surface area contributed by atoms with Crippen molar-refractivity contribution in [2.45, 2.75) is 6.04 Å². The Labute approximate surface area is 88.4 Å². The molecule has 0 bridgehead atoms. The first-order chi connectivity index (χ1) is 6.61. The van der Waals surface area contributed by atoms with Gasteiger partial charge in [0.15, 0.2) is 0 Å². The van der Waals surface area contributed by atoms with Gasteiger partial charge in [0.25, 0.3) is 0 Å². The van der Waals surface area contributed by atoms with Crippen molar-refractivity contribution < 1.29 is 4.21 Å². The molecule has 0 aliphatic rings. The van der Waals surface area contributed by atoms with Crippen LogP contribution in [0.25, 0.3) is 0 Å². The average molecular weight is 211 g/mol. The van der Waals surface area contributed by atoms with E-state index >= 15 is 0 Å². The summed E-state index contributed by atoms with van der Waals surface area (Å²) < 4.78 is 11.2. The maximum Gasteiger partial charge on any atom is 0.0457 e. The summed E-state index contributed by atoms with van der Waals surface area (Å²) in [7, 11) is 3.28. The first kappa shape index (κ1) is 11.4. The number of hydrogen-bond acceptors (Lipinski definition) is 2. The summed E-state index contributed by atoms with van der Waals surface area (Å²) in [6.45, 7) is 0. The van der Waals surface area contributed by atoms with E-state index in [1.807, 2.05) is 32.3 Å². The Morgan fingerprint density at radius 3 is 2.29 bits per heavy atom. The third-order valence-electron chi connectivity index (χ3n) is 2.20.